The molecule has 0 unspecified atom stereocenters. The lowest BCUT2D eigenvalue weighted by atomic mass is 10.2. The molecular formula is C12H15F3N2O2. The van der Waals surface area contributed by atoms with Crippen LogP contribution in [0, 0.1) is 17.5 Å². The van der Waals surface area contributed by atoms with E-state index in [9.17, 15) is 18.0 Å². The van der Waals surface area contributed by atoms with Crippen molar-refractivity contribution in [3.8, 4) is 0 Å². The Bertz CT molecular complexity index is 418. The summed E-state index contributed by atoms with van der Waals surface area (Å²) in [7, 11) is 1.55. The van der Waals surface area contributed by atoms with Gasteiger partial charge in [-0.2, -0.15) is 0 Å². The summed E-state index contributed by atoms with van der Waals surface area (Å²) in [6, 6.07) is 1.09. The molecule has 1 amide bonds. The van der Waals surface area contributed by atoms with Crippen molar-refractivity contribution in [3.05, 3.63) is 29.6 Å². The molecule has 1 aromatic carbocycles. The molecule has 0 atom stereocenters. The zero-order chi connectivity index (χ0) is 14.3. The Hall–Kier alpha value is -1.76. The topological polar surface area (TPSA) is 50.4 Å². The third kappa shape index (κ3) is 5.17. The van der Waals surface area contributed by atoms with Gasteiger partial charge < -0.3 is 15.4 Å². The van der Waals surface area contributed by atoms with E-state index >= 15 is 0 Å². The number of methoxy groups -OCH3 is 1. The molecule has 0 spiro atoms. The maximum absolute atomic E-state index is 13.2. The van der Waals surface area contributed by atoms with Crippen LogP contribution in [0.25, 0.3) is 0 Å². The van der Waals surface area contributed by atoms with Crippen LogP contribution in [0.3, 0.4) is 0 Å². The van der Waals surface area contributed by atoms with E-state index in [4.69, 9.17) is 4.74 Å². The molecule has 0 bridgehead atoms. The van der Waals surface area contributed by atoms with Gasteiger partial charge in [0.05, 0.1) is 6.54 Å². The minimum atomic E-state index is -1.08. The van der Waals surface area contributed by atoms with E-state index in [0.29, 0.717) is 31.7 Å². The van der Waals surface area contributed by atoms with Gasteiger partial charge in [0.2, 0.25) is 5.91 Å². The summed E-state index contributed by atoms with van der Waals surface area (Å²) in [5.74, 6) is -3.59. The molecule has 1 rings (SSSR count). The Morgan fingerprint density at radius 1 is 1.26 bits per heavy atom. The van der Waals surface area contributed by atoms with Gasteiger partial charge in [0.1, 0.15) is 11.5 Å². The summed E-state index contributed by atoms with van der Waals surface area (Å²) >= 11 is 0. The van der Waals surface area contributed by atoms with Crippen LogP contribution in [0.5, 0.6) is 0 Å². The fourth-order valence-corrected chi connectivity index (χ4v) is 1.39. The van der Waals surface area contributed by atoms with Gasteiger partial charge in [-0.1, -0.05) is 0 Å². The number of amides is 1. The van der Waals surface area contributed by atoms with Crippen molar-refractivity contribution in [2.45, 2.75) is 6.42 Å². The van der Waals surface area contributed by atoms with Crippen molar-refractivity contribution in [2.24, 2.45) is 0 Å². The molecule has 0 aromatic heterocycles. The number of hydrogen-bond donors (Lipinski definition) is 2. The summed E-state index contributed by atoms with van der Waals surface area (Å²) in [6.07, 6.45) is 0.640. The van der Waals surface area contributed by atoms with Crippen LogP contribution >= 0.6 is 0 Å². The number of carbonyl (C=O) groups is 1. The molecule has 7 heteroatoms. The first-order valence-corrected chi connectivity index (χ1v) is 5.68. The van der Waals surface area contributed by atoms with E-state index in [2.05, 4.69) is 10.6 Å². The predicted molar refractivity (Wildman–Crippen MR) is 64.3 cm³/mol. The van der Waals surface area contributed by atoms with Crippen LogP contribution in [-0.4, -0.2) is 32.7 Å². The number of ether oxygens (including phenoxy) is 1. The van der Waals surface area contributed by atoms with Crippen LogP contribution in [0.2, 0.25) is 0 Å². The van der Waals surface area contributed by atoms with Gasteiger partial charge in [0.25, 0.3) is 0 Å². The molecule has 0 aliphatic carbocycles. The molecule has 0 radical (unpaired) electrons. The highest BCUT2D eigenvalue weighted by atomic mass is 19.1. The van der Waals surface area contributed by atoms with Gasteiger partial charge in [-0.15, -0.1) is 0 Å². The average Bonchev–Trinajstić information content (AvgIpc) is 2.33. The minimum absolute atomic E-state index is 0.299. The van der Waals surface area contributed by atoms with E-state index in [-0.39, 0.29) is 6.54 Å². The van der Waals surface area contributed by atoms with E-state index < -0.39 is 29.0 Å². The van der Waals surface area contributed by atoms with Crippen LogP contribution in [0.1, 0.15) is 6.42 Å². The number of halogens is 3. The van der Waals surface area contributed by atoms with Crippen molar-refractivity contribution >= 4 is 11.6 Å². The summed E-state index contributed by atoms with van der Waals surface area (Å²) in [5.41, 5.74) is -0.520. The monoisotopic (exact) mass is 276 g/mol. The van der Waals surface area contributed by atoms with Crippen molar-refractivity contribution < 1.29 is 22.7 Å². The predicted octanol–water partition coefficient (Wildman–Crippen LogP) is 1.67. The van der Waals surface area contributed by atoms with Crippen LogP contribution < -0.4 is 10.6 Å². The van der Waals surface area contributed by atoms with E-state index in [1.165, 1.54) is 0 Å². The number of anilines is 1. The molecule has 1 aromatic rings. The molecule has 106 valence electrons. The Balaban J connectivity index is 2.42. The number of nitrogens with one attached hydrogen (secondary N) is 2. The molecule has 0 aliphatic rings. The molecule has 0 heterocycles. The van der Waals surface area contributed by atoms with Gasteiger partial charge in [0, 0.05) is 32.4 Å². The van der Waals surface area contributed by atoms with E-state index in [1.807, 2.05) is 0 Å². The number of carbonyl (C=O) groups excluding carboxylic acids is 1. The highest BCUT2D eigenvalue weighted by molar-refractivity contribution is 5.80. The Labute approximate surface area is 108 Å². The van der Waals surface area contributed by atoms with E-state index in [1.54, 1.807) is 7.11 Å². The Morgan fingerprint density at radius 3 is 2.47 bits per heavy atom. The SMILES string of the molecule is COCCCNC(=O)CNc1c(F)cc(F)cc1F. The van der Waals surface area contributed by atoms with Crippen molar-refractivity contribution in [3.63, 3.8) is 0 Å². The molecule has 0 fully saturated rings. The second kappa shape index (κ2) is 7.63. The molecule has 2 N–H and O–H groups in total. The smallest absolute Gasteiger partial charge is 0.239 e. The first-order valence-electron chi connectivity index (χ1n) is 5.68. The maximum Gasteiger partial charge on any atom is 0.239 e. The summed E-state index contributed by atoms with van der Waals surface area (Å²) in [4.78, 5) is 11.3. The van der Waals surface area contributed by atoms with Gasteiger partial charge in [-0.25, -0.2) is 13.2 Å². The van der Waals surface area contributed by atoms with Gasteiger partial charge >= 0.3 is 0 Å². The highest BCUT2D eigenvalue weighted by Gasteiger charge is 2.12. The first kappa shape index (κ1) is 15.3. The lowest BCUT2D eigenvalue weighted by Gasteiger charge is -2.09. The zero-order valence-electron chi connectivity index (χ0n) is 10.4. The molecule has 0 aliphatic heterocycles. The number of rotatable bonds is 7. The quantitative estimate of drug-likeness (QED) is 0.745. The lowest BCUT2D eigenvalue weighted by Crippen LogP contribution is -2.31. The van der Waals surface area contributed by atoms with Gasteiger partial charge in [-0.3, -0.25) is 4.79 Å². The number of hydrogen-bond acceptors (Lipinski definition) is 3. The first-order chi connectivity index (χ1) is 9.04. The summed E-state index contributed by atoms with van der Waals surface area (Å²) in [5, 5.41) is 4.83. The Kier molecular flexibility index (Phi) is 6.14. The zero-order valence-corrected chi connectivity index (χ0v) is 10.4. The van der Waals surface area contributed by atoms with E-state index in [0.717, 1.165) is 0 Å². The fraction of sp³-hybridized carbons (Fsp3) is 0.417. The maximum atomic E-state index is 13.2. The average molecular weight is 276 g/mol. The van der Waals surface area contributed by atoms with Crippen molar-refractivity contribution in [1.82, 2.24) is 5.32 Å². The molecule has 4 nitrogen and oxygen atoms in total. The largest absolute Gasteiger partial charge is 0.385 e. The fourth-order valence-electron chi connectivity index (χ4n) is 1.39. The third-order valence-electron chi connectivity index (χ3n) is 2.28. The van der Waals surface area contributed by atoms with Crippen LogP contribution in [0.4, 0.5) is 18.9 Å². The standard InChI is InChI=1S/C12H15F3N2O2/c1-19-4-2-3-16-11(18)7-17-12-9(14)5-8(13)6-10(12)15/h5-6,17H,2-4,7H2,1H3,(H,16,18). The molecule has 0 saturated carbocycles. The number of benzene rings is 1. The second-order valence-corrected chi connectivity index (χ2v) is 3.79. The summed E-state index contributed by atoms with van der Waals surface area (Å²) < 4.78 is 43.9. The minimum Gasteiger partial charge on any atom is -0.385 e. The Morgan fingerprint density at radius 2 is 1.89 bits per heavy atom. The van der Waals surface area contributed by atoms with Crippen molar-refractivity contribution in [1.29, 1.82) is 0 Å². The van der Waals surface area contributed by atoms with Gasteiger partial charge in [-0.05, 0) is 6.42 Å². The molecule has 0 saturated heterocycles. The van der Waals surface area contributed by atoms with Crippen LogP contribution in [-0.2, 0) is 9.53 Å². The van der Waals surface area contributed by atoms with Crippen LogP contribution in [0.15, 0.2) is 12.1 Å². The second-order valence-electron chi connectivity index (χ2n) is 3.79. The van der Waals surface area contributed by atoms with Gasteiger partial charge in [0.15, 0.2) is 11.6 Å². The lowest BCUT2D eigenvalue weighted by molar-refractivity contribution is -0.119. The molecule has 19 heavy (non-hydrogen) atoms. The third-order valence-corrected chi connectivity index (χ3v) is 2.28. The van der Waals surface area contributed by atoms with Crippen molar-refractivity contribution in [2.75, 3.05) is 32.1 Å². The molecular weight excluding hydrogens is 261 g/mol. The normalized spacial score (nSPS) is 10.3. The highest BCUT2D eigenvalue weighted by Crippen LogP contribution is 2.19. The summed E-state index contributed by atoms with van der Waals surface area (Å²) in [6.45, 7) is 0.615.